The van der Waals surface area contributed by atoms with Crippen LogP contribution in [0.2, 0.25) is 0 Å². The van der Waals surface area contributed by atoms with Gasteiger partial charge < -0.3 is 10.5 Å². The number of alkyl halides is 3. The van der Waals surface area contributed by atoms with Crippen LogP contribution in [0.5, 0.6) is 0 Å². The Hall–Kier alpha value is -4.01. The van der Waals surface area contributed by atoms with Gasteiger partial charge in [0.25, 0.3) is 0 Å². The van der Waals surface area contributed by atoms with Crippen LogP contribution in [-0.2, 0) is 14.4 Å². The number of carbonyl (C=O) groups is 1. The molecule has 1 atom stereocenters. The summed E-state index contributed by atoms with van der Waals surface area (Å²) >= 11 is 0. The van der Waals surface area contributed by atoms with Crippen molar-refractivity contribution in [1.82, 2.24) is 14.6 Å². The third kappa shape index (κ3) is 4.62. The fraction of sp³-hybridized carbons (Fsp3) is 0.182. The summed E-state index contributed by atoms with van der Waals surface area (Å²) in [6.07, 6.45) is -2.52. The Morgan fingerprint density at radius 2 is 1.94 bits per heavy atom. The number of hydrogen-bond donors (Lipinski definition) is 1. The number of aromatic nitrogens is 2. The van der Waals surface area contributed by atoms with Crippen LogP contribution in [-0.4, -0.2) is 48.2 Å². The summed E-state index contributed by atoms with van der Waals surface area (Å²) in [5, 5.41) is 0.448. The van der Waals surface area contributed by atoms with Crippen LogP contribution >= 0.6 is 0 Å². The highest BCUT2D eigenvalue weighted by Crippen LogP contribution is 2.46. The molecule has 0 fully saturated rings. The molecule has 0 spiro atoms. The first kappa shape index (κ1) is 22.2. The molecule has 4 rings (SSSR count). The van der Waals surface area contributed by atoms with Crippen molar-refractivity contribution < 1.29 is 27.5 Å². The lowest BCUT2D eigenvalue weighted by atomic mass is 10.1. The highest BCUT2D eigenvalue weighted by atomic mass is 19.4. The van der Waals surface area contributed by atoms with E-state index in [2.05, 4.69) is 26.8 Å². The van der Waals surface area contributed by atoms with Crippen molar-refractivity contribution in [3.8, 4) is 11.8 Å². The molecule has 0 amide bonds. The average Bonchev–Trinajstić information content (AvgIpc) is 3.16. The Morgan fingerprint density at radius 3 is 2.70 bits per heavy atom. The maximum atomic E-state index is 13.1. The van der Waals surface area contributed by atoms with E-state index >= 15 is 0 Å². The molecule has 0 saturated heterocycles. The molecule has 0 bridgehead atoms. The molecule has 3 aromatic rings. The van der Waals surface area contributed by atoms with Gasteiger partial charge in [-0.1, -0.05) is 28.8 Å². The number of halogens is 3. The molecular weight excluding hydrogens is 439 g/mol. The summed E-state index contributed by atoms with van der Waals surface area (Å²) in [5.41, 5.74) is 7.27. The number of fused-ring (bicyclic) bond motifs is 3. The number of hydroxylamine groups is 2. The highest BCUT2D eigenvalue weighted by molar-refractivity contribution is 6.07. The molecule has 0 saturated carbocycles. The molecule has 2 N–H and O–H groups in total. The van der Waals surface area contributed by atoms with Gasteiger partial charge in [0, 0.05) is 6.20 Å². The van der Waals surface area contributed by atoms with Crippen LogP contribution in [0.1, 0.15) is 5.69 Å². The summed E-state index contributed by atoms with van der Waals surface area (Å²) in [5.74, 6) is 3.22. The first-order valence-electron chi connectivity index (χ1n) is 9.70. The number of para-hydroxylation sites is 1. The van der Waals surface area contributed by atoms with E-state index in [0.29, 0.717) is 16.6 Å². The van der Waals surface area contributed by atoms with Crippen molar-refractivity contribution in [2.24, 2.45) is 4.99 Å². The number of ether oxygens (including phenoxy) is 1. The summed E-state index contributed by atoms with van der Waals surface area (Å²) in [7, 11) is 0. The Bertz CT molecular complexity index is 1290. The highest BCUT2D eigenvalue weighted by Gasteiger charge is 2.52. The van der Waals surface area contributed by atoms with Gasteiger partial charge in [-0.25, -0.2) is 14.8 Å². The van der Waals surface area contributed by atoms with E-state index in [-0.39, 0.29) is 37.0 Å². The van der Waals surface area contributed by atoms with Gasteiger partial charge in [0.1, 0.15) is 18.9 Å². The van der Waals surface area contributed by atoms with Crippen LogP contribution in [0.25, 0.3) is 10.9 Å². The molecule has 0 aliphatic carbocycles. The number of nitrogens with two attached hydrogens (primary N) is 1. The third-order valence-electron chi connectivity index (χ3n) is 4.72. The quantitative estimate of drug-likeness (QED) is 0.359. The van der Waals surface area contributed by atoms with Crippen molar-refractivity contribution in [2.45, 2.75) is 6.18 Å². The van der Waals surface area contributed by atoms with Crippen molar-refractivity contribution >= 4 is 40.4 Å². The topological polar surface area (TPSA) is 99.7 Å². The second-order valence-electron chi connectivity index (χ2n) is 6.92. The molecule has 1 aliphatic rings. The minimum absolute atomic E-state index is 0.00477. The fourth-order valence-corrected chi connectivity index (χ4v) is 3.29. The van der Waals surface area contributed by atoms with Gasteiger partial charge in [-0.2, -0.15) is 18.2 Å². The van der Waals surface area contributed by atoms with Gasteiger partial charge in [-0.15, -0.1) is 0 Å². The smallest absolute Gasteiger partial charge is 0.382 e. The van der Waals surface area contributed by atoms with Gasteiger partial charge in [-0.3, -0.25) is 4.84 Å². The van der Waals surface area contributed by atoms with Crippen molar-refractivity contribution in [1.29, 1.82) is 0 Å². The number of nitrogen functional groups attached to an aromatic ring is 1. The van der Waals surface area contributed by atoms with Crippen molar-refractivity contribution in [2.75, 3.05) is 25.5 Å². The van der Waals surface area contributed by atoms with Crippen LogP contribution in [0, 0.1) is 11.8 Å². The zero-order valence-electron chi connectivity index (χ0n) is 17.0. The van der Waals surface area contributed by atoms with Gasteiger partial charge in [-0.05, 0) is 30.2 Å². The molecular formula is C22H17F3N5O3+. The second kappa shape index (κ2) is 8.85. The van der Waals surface area contributed by atoms with E-state index in [4.69, 9.17) is 15.3 Å². The Labute approximate surface area is 186 Å². The summed E-state index contributed by atoms with van der Waals surface area (Å²) < 4.78 is 43.7. The van der Waals surface area contributed by atoms with Gasteiger partial charge in [0.15, 0.2) is 18.1 Å². The summed E-state index contributed by atoms with van der Waals surface area (Å²) in [6, 6.07) is 12.0. The van der Waals surface area contributed by atoms with Crippen LogP contribution in [0.3, 0.4) is 0 Å². The third-order valence-corrected chi connectivity index (χ3v) is 4.72. The molecule has 1 unspecified atom stereocenters. The zero-order valence-corrected chi connectivity index (χ0v) is 17.0. The first-order valence-corrected chi connectivity index (χ1v) is 9.70. The fourth-order valence-electron chi connectivity index (χ4n) is 3.29. The number of carbonyl (C=O) groups excluding carboxylic acids is 1. The molecule has 3 heterocycles. The monoisotopic (exact) mass is 456 g/mol. The van der Waals surface area contributed by atoms with Crippen LogP contribution in [0.15, 0.2) is 53.7 Å². The van der Waals surface area contributed by atoms with E-state index in [1.54, 1.807) is 48.7 Å². The van der Waals surface area contributed by atoms with E-state index < -0.39 is 16.8 Å². The van der Waals surface area contributed by atoms with Gasteiger partial charge in [0.05, 0.1) is 10.9 Å². The van der Waals surface area contributed by atoms with E-state index in [9.17, 15) is 18.0 Å². The first-order chi connectivity index (χ1) is 15.8. The van der Waals surface area contributed by atoms with Crippen molar-refractivity contribution in [3.05, 3.63) is 54.4 Å². The number of rotatable bonds is 5. The molecule has 33 heavy (non-hydrogen) atoms. The molecule has 8 nitrogen and oxygen atoms in total. The van der Waals surface area contributed by atoms with E-state index in [1.165, 1.54) is 0 Å². The van der Waals surface area contributed by atoms with Crippen LogP contribution < -0.4 is 10.4 Å². The predicted molar refractivity (Wildman–Crippen MR) is 115 cm³/mol. The normalized spacial score (nSPS) is 16.8. The average molecular weight is 456 g/mol. The SMILES string of the molecule is Nc1nc2ccccc2c2c1N=C[N+]2(CCOCC#Cc1ccccn1)OC(=O)C(F)(F)F. The van der Waals surface area contributed by atoms with Gasteiger partial charge in [0.2, 0.25) is 12.0 Å². The van der Waals surface area contributed by atoms with Crippen molar-refractivity contribution in [3.63, 3.8) is 0 Å². The lowest BCUT2D eigenvalue weighted by Crippen LogP contribution is -2.52. The lowest BCUT2D eigenvalue weighted by Gasteiger charge is -2.28. The number of pyridine rings is 2. The minimum Gasteiger partial charge on any atom is -0.382 e. The van der Waals surface area contributed by atoms with Crippen LogP contribution in [0.4, 0.5) is 30.4 Å². The molecule has 2 aromatic heterocycles. The molecule has 168 valence electrons. The second-order valence-corrected chi connectivity index (χ2v) is 6.92. The molecule has 1 aromatic carbocycles. The Balaban J connectivity index is 1.60. The predicted octanol–water partition coefficient (Wildman–Crippen LogP) is 3.28. The maximum absolute atomic E-state index is 13.1. The van der Waals surface area contributed by atoms with E-state index in [0.717, 1.165) is 6.34 Å². The molecule has 11 heteroatoms. The maximum Gasteiger partial charge on any atom is 0.497 e. The number of hydrogen-bond acceptors (Lipinski definition) is 7. The number of nitrogens with zero attached hydrogens (tertiary/aromatic N) is 4. The Morgan fingerprint density at radius 1 is 1.15 bits per heavy atom. The zero-order chi connectivity index (χ0) is 23.5. The van der Waals surface area contributed by atoms with Gasteiger partial charge >= 0.3 is 12.1 Å². The largest absolute Gasteiger partial charge is 0.497 e. The number of anilines is 1. The summed E-state index contributed by atoms with van der Waals surface area (Å²) in [4.78, 5) is 29.1. The molecule has 1 aliphatic heterocycles. The lowest BCUT2D eigenvalue weighted by molar-refractivity contribution is -0.222. The standard InChI is InChI=1S/C22H17F3N5O3/c23-22(24,25)21(31)33-30(11-13-32-12-5-7-15-6-3-4-10-27-15)14-28-18-19(30)16-8-1-2-9-17(16)29-20(18)26/h1-4,6,8-10,14H,11-13H2,(H2,26,29)/q+1. The Kier molecular flexibility index (Phi) is 5.95. The number of aliphatic imine (C=N–C) groups is 1. The summed E-state index contributed by atoms with van der Waals surface area (Å²) in [6.45, 7) is -0.298. The number of quaternary nitrogens is 1. The van der Waals surface area contributed by atoms with E-state index in [1.807, 2.05) is 0 Å². The number of benzene rings is 1. The minimum atomic E-state index is -5.20. The molecule has 0 radical (unpaired) electrons.